The molecule has 0 radical (unpaired) electrons. The highest BCUT2D eigenvalue weighted by atomic mass is 32.2. The molecule has 0 unspecified atom stereocenters. The fourth-order valence-corrected chi connectivity index (χ4v) is 5.71. The first-order valence-corrected chi connectivity index (χ1v) is 12.1. The quantitative estimate of drug-likeness (QED) is 0.319. The molecule has 0 bridgehead atoms. The molecule has 3 aromatic carbocycles. The molecule has 2 heterocycles. The van der Waals surface area contributed by atoms with Gasteiger partial charge in [0.15, 0.2) is 0 Å². The Morgan fingerprint density at radius 3 is 2.34 bits per heavy atom. The highest BCUT2D eigenvalue weighted by molar-refractivity contribution is 8.04. The van der Waals surface area contributed by atoms with Gasteiger partial charge < -0.3 is 4.90 Å². The topological polar surface area (TPSA) is 7.12 Å². The van der Waals surface area contributed by atoms with E-state index >= 15 is 0 Å². The van der Waals surface area contributed by atoms with Crippen LogP contribution in [0.25, 0.3) is 16.5 Å². The Labute approximate surface area is 195 Å². The van der Waals surface area contributed by atoms with Gasteiger partial charge in [-0.3, -0.25) is 0 Å². The maximum Gasteiger partial charge on any atom is 0.212 e. The SMILES string of the molecule is CC(C)c1ccc(C/C(=C2\Sc3ccccc3N2C)c2ccc3ccccc3[n+]2C)cc1. The van der Waals surface area contributed by atoms with E-state index in [0.717, 1.165) is 6.42 Å². The molecule has 32 heavy (non-hydrogen) atoms. The van der Waals surface area contributed by atoms with Gasteiger partial charge in [0.1, 0.15) is 7.05 Å². The first-order chi connectivity index (χ1) is 15.5. The van der Waals surface area contributed by atoms with Crippen LogP contribution in [0, 0.1) is 0 Å². The summed E-state index contributed by atoms with van der Waals surface area (Å²) in [6, 6.07) is 31.0. The first kappa shape index (κ1) is 20.8. The van der Waals surface area contributed by atoms with Gasteiger partial charge >= 0.3 is 0 Å². The fraction of sp³-hybridized carbons (Fsp3) is 0.207. The van der Waals surface area contributed by atoms with E-state index in [9.17, 15) is 0 Å². The molecule has 4 aromatic rings. The van der Waals surface area contributed by atoms with Crippen molar-refractivity contribution in [1.29, 1.82) is 0 Å². The summed E-state index contributed by atoms with van der Waals surface area (Å²) < 4.78 is 2.34. The highest BCUT2D eigenvalue weighted by Gasteiger charge is 2.29. The van der Waals surface area contributed by atoms with Crippen LogP contribution in [-0.2, 0) is 13.5 Å². The number of aromatic nitrogens is 1. The van der Waals surface area contributed by atoms with Crippen LogP contribution in [0.4, 0.5) is 5.69 Å². The Bertz CT molecular complexity index is 1320. The molecule has 0 saturated carbocycles. The van der Waals surface area contributed by atoms with Crippen LogP contribution in [0.3, 0.4) is 0 Å². The van der Waals surface area contributed by atoms with Crippen LogP contribution in [0.1, 0.15) is 36.6 Å². The van der Waals surface area contributed by atoms with Crippen LogP contribution in [-0.4, -0.2) is 7.05 Å². The summed E-state index contributed by atoms with van der Waals surface area (Å²) in [5.74, 6) is 0.547. The third-order valence-corrected chi connectivity index (χ3v) is 7.69. The Kier molecular flexibility index (Phi) is 5.52. The molecular formula is C29H29N2S+. The predicted octanol–water partition coefficient (Wildman–Crippen LogP) is 6.94. The number of anilines is 1. The van der Waals surface area contributed by atoms with E-state index in [1.54, 1.807) is 0 Å². The average Bonchev–Trinajstić information content (AvgIpc) is 3.15. The molecule has 1 aromatic heterocycles. The van der Waals surface area contributed by atoms with Gasteiger partial charge in [0, 0.05) is 35.9 Å². The molecule has 160 valence electrons. The smallest absolute Gasteiger partial charge is 0.212 e. The number of thioether (sulfide) groups is 1. The minimum atomic E-state index is 0.547. The second-order valence-corrected chi connectivity index (χ2v) is 9.85. The molecule has 5 rings (SSSR count). The van der Waals surface area contributed by atoms with Crippen molar-refractivity contribution in [2.75, 3.05) is 11.9 Å². The number of para-hydroxylation sites is 2. The summed E-state index contributed by atoms with van der Waals surface area (Å²) in [4.78, 5) is 3.67. The first-order valence-electron chi connectivity index (χ1n) is 11.2. The van der Waals surface area contributed by atoms with Gasteiger partial charge in [-0.1, -0.05) is 74.1 Å². The van der Waals surface area contributed by atoms with Crippen molar-refractivity contribution in [2.24, 2.45) is 7.05 Å². The molecule has 1 aliphatic heterocycles. The standard InChI is InChI=1S/C29H29N2S/c1-20(2)22-15-13-21(14-16-22)19-24(29-31(4)27-11-7-8-12-28(27)32-29)26-18-17-23-9-5-6-10-25(23)30(26)3/h5-18,20H,19H2,1-4H3/q+1. The molecule has 0 fully saturated rings. The summed E-state index contributed by atoms with van der Waals surface area (Å²) in [5.41, 5.74) is 7.89. The van der Waals surface area contributed by atoms with Gasteiger partial charge in [-0.2, -0.15) is 4.57 Å². The Morgan fingerprint density at radius 1 is 0.875 bits per heavy atom. The van der Waals surface area contributed by atoms with E-state index in [1.807, 2.05) is 11.8 Å². The van der Waals surface area contributed by atoms with Crippen LogP contribution >= 0.6 is 11.8 Å². The second kappa shape index (κ2) is 8.48. The third-order valence-electron chi connectivity index (χ3n) is 6.41. The molecule has 0 aliphatic carbocycles. The number of fused-ring (bicyclic) bond motifs is 2. The Hall–Kier alpha value is -3.04. The molecule has 2 nitrogen and oxygen atoms in total. The number of pyridine rings is 1. The zero-order valence-corrected chi connectivity index (χ0v) is 20.0. The molecule has 0 amide bonds. The molecule has 0 atom stereocenters. The van der Waals surface area contributed by atoms with E-state index in [-0.39, 0.29) is 0 Å². The maximum atomic E-state index is 2.35. The summed E-state index contributed by atoms with van der Waals surface area (Å²) in [7, 11) is 4.38. The Balaban J connectivity index is 1.66. The normalized spacial score (nSPS) is 14.8. The Morgan fingerprint density at radius 2 is 1.59 bits per heavy atom. The lowest BCUT2D eigenvalue weighted by Gasteiger charge is -2.18. The van der Waals surface area contributed by atoms with Crippen molar-refractivity contribution < 1.29 is 4.57 Å². The minimum absolute atomic E-state index is 0.547. The van der Waals surface area contributed by atoms with E-state index in [0.29, 0.717) is 5.92 Å². The highest BCUT2D eigenvalue weighted by Crippen LogP contribution is 2.48. The van der Waals surface area contributed by atoms with Gasteiger partial charge in [0.2, 0.25) is 11.2 Å². The lowest BCUT2D eigenvalue weighted by atomic mass is 9.97. The third kappa shape index (κ3) is 3.71. The van der Waals surface area contributed by atoms with Crippen molar-refractivity contribution in [2.45, 2.75) is 31.1 Å². The van der Waals surface area contributed by atoms with Crippen molar-refractivity contribution in [3.63, 3.8) is 0 Å². The van der Waals surface area contributed by atoms with Crippen molar-refractivity contribution in [1.82, 2.24) is 0 Å². The van der Waals surface area contributed by atoms with E-state index in [2.05, 4.69) is 122 Å². The summed E-state index contributed by atoms with van der Waals surface area (Å²) in [6.45, 7) is 4.50. The number of hydrogen-bond donors (Lipinski definition) is 0. The molecule has 3 heteroatoms. The summed E-state index contributed by atoms with van der Waals surface area (Å²) in [6.07, 6.45) is 0.894. The lowest BCUT2D eigenvalue weighted by Crippen LogP contribution is -2.35. The van der Waals surface area contributed by atoms with Gasteiger partial charge in [0.05, 0.1) is 16.3 Å². The van der Waals surface area contributed by atoms with E-state index in [1.165, 1.54) is 48.9 Å². The number of benzene rings is 3. The largest absolute Gasteiger partial charge is 0.338 e. The van der Waals surface area contributed by atoms with Gasteiger partial charge in [-0.15, -0.1) is 0 Å². The molecule has 0 saturated heterocycles. The number of allylic oxidation sites excluding steroid dienone is 1. The van der Waals surface area contributed by atoms with Crippen molar-refractivity contribution >= 4 is 33.9 Å². The predicted molar refractivity (Wildman–Crippen MR) is 137 cm³/mol. The number of rotatable bonds is 4. The summed E-state index contributed by atoms with van der Waals surface area (Å²) in [5, 5.41) is 2.57. The molecule has 0 N–H and O–H groups in total. The van der Waals surface area contributed by atoms with Gasteiger partial charge in [-0.05, 0) is 41.3 Å². The van der Waals surface area contributed by atoms with Crippen molar-refractivity contribution in [3.05, 3.63) is 107 Å². The lowest BCUT2D eigenvalue weighted by molar-refractivity contribution is -0.647. The number of hydrogen-bond acceptors (Lipinski definition) is 2. The van der Waals surface area contributed by atoms with Crippen LogP contribution in [0.5, 0.6) is 0 Å². The van der Waals surface area contributed by atoms with Gasteiger partial charge in [0.25, 0.3) is 0 Å². The van der Waals surface area contributed by atoms with Crippen LogP contribution in [0.2, 0.25) is 0 Å². The zero-order valence-electron chi connectivity index (χ0n) is 19.2. The maximum absolute atomic E-state index is 2.35. The molecular weight excluding hydrogens is 408 g/mol. The second-order valence-electron chi connectivity index (χ2n) is 8.82. The minimum Gasteiger partial charge on any atom is -0.338 e. The molecule has 0 spiro atoms. The molecule has 1 aliphatic rings. The van der Waals surface area contributed by atoms with Crippen molar-refractivity contribution in [3.8, 4) is 0 Å². The number of aryl methyl sites for hydroxylation is 1. The average molecular weight is 438 g/mol. The van der Waals surface area contributed by atoms with E-state index in [4.69, 9.17) is 0 Å². The summed E-state index contributed by atoms with van der Waals surface area (Å²) >= 11 is 1.88. The number of nitrogens with zero attached hydrogens (tertiary/aromatic N) is 2. The van der Waals surface area contributed by atoms with E-state index < -0.39 is 0 Å². The fourth-order valence-electron chi connectivity index (χ4n) is 4.51. The van der Waals surface area contributed by atoms with Crippen LogP contribution < -0.4 is 9.47 Å². The monoisotopic (exact) mass is 437 g/mol. The zero-order chi connectivity index (χ0) is 22.2. The van der Waals surface area contributed by atoms with Crippen LogP contribution in [0.15, 0.2) is 94.9 Å². The van der Waals surface area contributed by atoms with Gasteiger partial charge in [-0.25, -0.2) is 0 Å².